The molecule has 0 aromatic rings. The minimum absolute atomic E-state index is 0.366. The standard InChI is InChI=1S/C13H20O3/c1-12-10(4-2-6-11(12)14)5-3-7-13(12)15-8-9-16-13/h10H,2-9H2,1H3. The Morgan fingerprint density at radius 3 is 2.62 bits per heavy atom. The van der Waals surface area contributed by atoms with Crippen molar-refractivity contribution in [2.45, 2.75) is 51.2 Å². The van der Waals surface area contributed by atoms with Crippen LogP contribution in [-0.2, 0) is 14.3 Å². The van der Waals surface area contributed by atoms with Gasteiger partial charge in [-0.3, -0.25) is 4.79 Å². The minimum atomic E-state index is -0.576. The van der Waals surface area contributed by atoms with Gasteiger partial charge in [-0.1, -0.05) is 0 Å². The summed E-state index contributed by atoms with van der Waals surface area (Å²) in [6.07, 6.45) is 6.11. The van der Waals surface area contributed by atoms with Crippen LogP contribution in [0, 0.1) is 11.3 Å². The highest BCUT2D eigenvalue weighted by Gasteiger charge is 2.62. The Kier molecular flexibility index (Phi) is 2.37. The quantitative estimate of drug-likeness (QED) is 0.633. The van der Waals surface area contributed by atoms with Gasteiger partial charge in [0.25, 0.3) is 0 Å². The van der Waals surface area contributed by atoms with Gasteiger partial charge in [0.1, 0.15) is 5.78 Å². The SMILES string of the molecule is CC12C(=O)CCCC1CCCC21OCCO1. The van der Waals surface area contributed by atoms with E-state index in [1.165, 1.54) is 0 Å². The summed E-state index contributed by atoms with van der Waals surface area (Å²) in [5.74, 6) is 0.263. The van der Waals surface area contributed by atoms with Crippen molar-refractivity contribution in [2.24, 2.45) is 11.3 Å². The molecule has 0 N–H and O–H groups in total. The fourth-order valence-electron chi connectivity index (χ4n) is 3.98. The number of hydrogen-bond acceptors (Lipinski definition) is 3. The lowest BCUT2D eigenvalue weighted by atomic mass is 9.56. The smallest absolute Gasteiger partial charge is 0.180 e. The molecule has 3 heteroatoms. The first kappa shape index (κ1) is 10.7. The average molecular weight is 224 g/mol. The van der Waals surface area contributed by atoms with Crippen molar-refractivity contribution in [3.8, 4) is 0 Å². The molecule has 2 saturated carbocycles. The first-order valence-corrected chi connectivity index (χ1v) is 6.50. The van der Waals surface area contributed by atoms with Gasteiger partial charge in [0, 0.05) is 12.8 Å². The molecule has 1 heterocycles. The lowest BCUT2D eigenvalue weighted by molar-refractivity contribution is -0.262. The highest BCUT2D eigenvalue weighted by molar-refractivity contribution is 5.86. The fourth-order valence-corrected chi connectivity index (χ4v) is 3.98. The number of hydrogen-bond donors (Lipinski definition) is 0. The maximum absolute atomic E-state index is 12.4. The lowest BCUT2D eigenvalue weighted by Crippen LogP contribution is -2.60. The molecule has 2 unspecified atom stereocenters. The summed E-state index contributed by atoms with van der Waals surface area (Å²) < 4.78 is 11.8. The molecule has 0 radical (unpaired) electrons. The molecule has 1 spiro atoms. The van der Waals surface area contributed by atoms with Crippen molar-refractivity contribution in [1.29, 1.82) is 0 Å². The van der Waals surface area contributed by atoms with Gasteiger partial charge in [0.15, 0.2) is 5.79 Å². The molecule has 0 aromatic heterocycles. The maximum atomic E-state index is 12.4. The first-order valence-electron chi connectivity index (χ1n) is 6.50. The van der Waals surface area contributed by atoms with Crippen LogP contribution in [0.2, 0.25) is 0 Å². The zero-order valence-electron chi connectivity index (χ0n) is 9.96. The molecule has 3 aliphatic rings. The van der Waals surface area contributed by atoms with Crippen LogP contribution in [-0.4, -0.2) is 24.8 Å². The molecule has 2 aliphatic carbocycles. The van der Waals surface area contributed by atoms with Crippen molar-refractivity contribution >= 4 is 5.78 Å². The van der Waals surface area contributed by atoms with Gasteiger partial charge < -0.3 is 9.47 Å². The summed E-state index contributed by atoms with van der Waals surface area (Å²) in [7, 11) is 0. The zero-order valence-corrected chi connectivity index (χ0v) is 9.96. The normalized spacial score (nSPS) is 42.3. The van der Waals surface area contributed by atoms with Crippen molar-refractivity contribution in [3.05, 3.63) is 0 Å². The second-order valence-corrected chi connectivity index (χ2v) is 5.56. The molecule has 3 nitrogen and oxygen atoms in total. The molecule has 1 saturated heterocycles. The van der Waals surface area contributed by atoms with Gasteiger partial charge in [-0.05, 0) is 38.5 Å². The monoisotopic (exact) mass is 224 g/mol. The Labute approximate surface area is 96.5 Å². The number of Topliss-reactive ketones (excluding diaryl/α,β-unsaturated/α-hetero) is 1. The molecular weight excluding hydrogens is 204 g/mol. The highest BCUT2D eigenvalue weighted by atomic mass is 16.7. The summed E-state index contributed by atoms with van der Waals surface area (Å²) >= 11 is 0. The second kappa shape index (κ2) is 3.54. The minimum Gasteiger partial charge on any atom is -0.346 e. The Morgan fingerprint density at radius 1 is 1.19 bits per heavy atom. The number of rotatable bonds is 0. The third-order valence-electron chi connectivity index (χ3n) is 4.96. The molecule has 3 fully saturated rings. The Balaban J connectivity index is 2.01. The number of carbonyl (C=O) groups excluding carboxylic acids is 1. The summed E-state index contributed by atoms with van der Waals surface area (Å²) in [5, 5.41) is 0. The molecule has 0 amide bonds. The summed E-state index contributed by atoms with van der Waals surface area (Å²) in [4.78, 5) is 12.4. The van der Waals surface area contributed by atoms with Crippen LogP contribution in [0.25, 0.3) is 0 Å². The number of fused-ring (bicyclic) bond motifs is 2. The molecular formula is C13H20O3. The third kappa shape index (κ3) is 1.19. The van der Waals surface area contributed by atoms with E-state index in [1.807, 2.05) is 0 Å². The van der Waals surface area contributed by atoms with E-state index in [0.717, 1.165) is 32.1 Å². The first-order chi connectivity index (χ1) is 7.69. The van der Waals surface area contributed by atoms with E-state index < -0.39 is 5.79 Å². The van der Waals surface area contributed by atoms with E-state index in [1.54, 1.807) is 0 Å². The summed E-state index contributed by atoms with van der Waals surface area (Å²) in [6, 6.07) is 0. The predicted octanol–water partition coefficient (Wildman–Crippen LogP) is 2.29. The number of ether oxygens (including phenoxy) is 2. The molecule has 90 valence electrons. The molecule has 16 heavy (non-hydrogen) atoms. The predicted molar refractivity (Wildman–Crippen MR) is 58.9 cm³/mol. The summed E-state index contributed by atoms with van der Waals surface area (Å²) in [6.45, 7) is 3.38. The van der Waals surface area contributed by atoms with E-state index in [-0.39, 0.29) is 5.41 Å². The second-order valence-electron chi connectivity index (χ2n) is 5.56. The molecule has 2 atom stereocenters. The molecule has 0 aromatic carbocycles. The van der Waals surface area contributed by atoms with Gasteiger partial charge >= 0.3 is 0 Å². The van der Waals surface area contributed by atoms with Gasteiger partial charge in [-0.15, -0.1) is 0 Å². The molecule has 0 bridgehead atoms. The Hall–Kier alpha value is -0.410. The van der Waals surface area contributed by atoms with Gasteiger partial charge in [0.2, 0.25) is 0 Å². The Bertz CT molecular complexity index is 304. The van der Waals surface area contributed by atoms with E-state index in [4.69, 9.17) is 9.47 Å². The van der Waals surface area contributed by atoms with Crippen molar-refractivity contribution in [1.82, 2.24) is 0 Å². The van der Waals surface area contributed by atoms with E-state index >= 15 is 0 Å². The van der Waals surface area contributed by atoms with Crippen LogP contribution in [0.3, 0.4) is 0 Å². The maximum Gasteiger partial charge on any atom is 0.180 e. The molecule has 3 rings (SSSR count). The highest BCUT2D eigenvalue weighted by Crippen LogP contribution is 2.56. The summed E-state index contributed by atoms with van der Waals surface area (Å²) in [5.41, 5.74) is -0.375. The zero-order chi connectivity index (χ0) is 11.2. The number of carbonyl (C=O) groups is 1. The lowest BCUT2D eigenvalue weighted by Gasteiger charge is -2.53. The average Bonchev–Trinajstić information content (AvgIpc) is 2.73. The largest absolute Gasteiger partial charge is 0.346 e. The van der Waals surface area contributed by atoms with Crippen LogP contribution < -0.4 is 0 Å². The molecule has 1 aliphatic heterocycles. The van der Waals surface area contributed by atoms with Crippen LogP contribution in [0.1, 0.15) is 45.4 Å². The van der Waals surface area contributed by atoms with Gasteiger partial charge in [-0.25, -0.2) is 0 Å². The van der Waals surface area contributed by atoms with Crippen molar-refractivity contribution < 1.29 is 14.3 Å². The van der Waals surface area contributed by atoms with E-state index in [0.29, 0.717) is 31.3 Å². The van der Waals surface area contributed by atoms with Gasteiger partial charge in [0.05, 0.1) is 18.6 Å². The Morgan fingerprint density at radius 2 is 1.88 bits per heavy atom. The van der Waals surface area contributed by atoms with Crippen molar-refractivity contribution in [3.63, 3.8) is 0 Å². The van der Waals surface area contributed by atoms with Crippen LogP contribution in [0.15, 0.2) is 0 Å². The number of ketones is 1. The topological polar surface area (TPSA) is 35.5 Å². The van der Waals surface area contributed by atoms with Gasteiger partial charge in [-0.2, -0.15) is 0 Å². The van der Waals surface area contributed by atoms with Crippen molar-refractivity contribution in [2.75, 3.05) is 13.2 Å². The fraction of sp³-hybridized carbons (Fsp3) is 0.923. The van der Waals surface area contributed by atoms with E-state index in [9.17, 15) is 4.79 Å². The third-order valence-corrected chi connectivity index (χ3v) is 4.96. The van der Waals surface area contributed by atoms with Crippen LogP contribution in [0.4, 0.5) is 0 Å². The van der Waals surface area contributed by atoms with Crippen LogP contribution in [0.5, 0.6) is 0 Å². The van der Waals surface area contributed by atoms with Crippen LogP contribution >= 0.6 is 0 Å². The van der Waals surface area contributed by atoms with E-state index in [2.05, 4.69) is 6.92 Å².